The van der Waals surface area contributed by atoms with Crippen LogP contribution in [0.4, 0.5) is 17.1 Å². The first-order chi connectivity index (χ1) is 18.3. The zero-order chi connectivity index (χ0) is 27.4. The summed E-state index contributed by atoms with van der Waals surface area (Å²) in [6.07, 6.45) is 8.15. The van der Waals surface area contributed by atoms with Gasteiger partial charge in [0.1, 0.15) is 6.23 Å². The van der Waals surface area contributed by atoms with Gasteiger partial charge in [0.2, 0.25) is 0 Å². The van der Waals surface area contributed by atoms with Gasteiger partial charge in [-0.25, -0.2) is 0 Å². The van der Waals surface area contributed by atoms with E-state index in [1.807, 2.05) is 7.05 Å². The Morgan fingerprint density at radius 2 is 1.63 bits per heavy atom. The third-order valence-corrected chi connectivity index (χ3v) is 8.71. The Balaban J connectivity index is 2.06. The van der Waals surface area contributed by atoms with Crippen LogP contribution in [0.5, 0.6) is 0 Å². The van der Waals surface area contributed by atoms with E-state index in [4.69, 9.17) is 5.73 Å². The number of hydrogen-bond acceptors (Lipinski definition) is 6. The second-order valence-corrected chi connectivity index (χ2v) is 11.2. The molecule has 1 aliphatic heterocycles. The lowest BCUT2D eigenvalue weighted by atomic mass is 9.67. The van der Waals surface area contributed by atoms with Gasteiger partial charge in [-0.15, -0.1) is 0 Å². The van der Waals surface area contributed by atoms with Crippen molar-refractivity contribution in [3.05, 3.63) is 64.2 Å². The van der Waals surface area contributed by atoms with Gasteiger partial charge in [-0.1, -0.05) is 18.2 Å². The van der Waals surface area contributed by atoms with Crippen LogP contribution in [0.25, 0.3) is 0 Å². The van der Waals surface area contributed by atoms with Gasteiger partial charge in [-0.2, -0.15) is 0 Å². The fraction of sp³-hybridized carbons (Fsp3) is 0.562. The first-order valence-electron chi connectivity index (χ1n) is 14.6. The molecule has 2 aromatic carbocycles. The Morgan fingerprint density at radius 1 is 0.974 bits per heavy atom. The maximum absolute atomic E-state index is 12.1. The van der Waals surface area contributed by atoms with Crippen LogP contribution in [-0.2, 0) is 5.54 Å². The summed E-state index contributed by atoms with van der Waals surface area (Å²) in [4.78, 5) is 2.39. The van der Waals surface area contributed by atoms with E-state index in [9.17, 15) is 5.11 Å². The molecule has 2 unspecified atom stereocenters. The van der Waals surface area contributed by atoms with Crippen LogP contribution in [0.3, 0.4) is 0 Å². The molecule has 6 N–H and O–H groups in total. The molecule has 4 rings (SSSR count). The molecule has 0 aromatic heterocycles. The quantitative estimate of drug-likeness (QED) is 0.162. The number of allylic oxidation sites excluding steroid dienone is 1. The summed E-state index contributed by atoms with van der Waals surface area (Å²) in [5.41, 5.74) is 15.6. The Kier molecular flexibility index (Phi) is 9.07. The largest absolute Gasteiger partial charge is 0.398 e. The molecule has 1 aliphatic carbocycles. The first kappa shape index (κ1) is 28.5. The van der Waals surface area contributed by atoms with Crippen LogP contribution < -0.4 is 21.7 Å². The molecule has 0 amide bonds. The Hall–Kier alpha value is -2.54. The summed E-state index contributed by atoms with van der Waals surface area (Å²) in [6, 6.07) is 9.08. The maximum Gasteiger partial charge on any atom is 0.115 e. The summed E-state index contributed by atoms with van der Waals surface area (Å²) >= 11 is 0. The summed E-state index contributed by atoms with van der Waals surface area (Å²) in [6.45, 7) is 14.2. The lowest BCUT2D eigenvalue weighted by Crippen LogP contribution is -2.50. The van der Waals surface area contributed by atoms with Gasteiger partial charge in [0.25, 0.3) is 0 Å². The SMILES string of the molecule is CCNc1cc(C)c(C2(c3cc(C)c(NCC)cc3N)C3CCCC=C[C@H]3[C@@H](O)N2CCCNC)cc1C. The average Bonchev–Trinajstić information content (AvgIpc) is 3.02. The number of likely N-dealkylation sites (tertiary alicyclic amines) is 1. The monoisotopic (exact) mass is 519 g/mol. The van der Waals surface area contributed by atoms with E-state index >= 15 is 0 Å². The van der Waals surface area contributed by atoms with E-state index in [1.54, 1.807) is 0 Å². The molecule has 1 fully saturated rings. The molecule has 2 aromatic rings. The minimum atomic E-state index is -0.576. The fourth-order valence-corrected chi connectivity index (χ4v) is 7.09. The zero-order valence-corrected chi connectivity index (χ0v) is 24.3. The molecule has 0 saturated carbocycles. The third-order valence-electron chi connectivity index (χ3n) is 8.71. The van der Waals surface area contributed by atoms with Crippen LogP contribution >= 0.6 is 0 Å². The molecule has 6 heteroatoms. The number of hydrogen-bond donors (Lipinski definition) is 5. The van der Waals surface area contributed by atoms with Gasteiger partial charge >= 0.3 is 0 Å². The molecule has 2 aliphatic rings. The average molecular weight is 520 g/mol. The number of benzene rings is 2. The van der Waals surface area contributed by atoms with Gasteiger partial charge < -0.3 is 26.8 Å². The van der Waals surface area contributed by atoms with Crippen molar-refractivity contribution < 1.29 is 5.11 Å². The molecule has 1 saturated heterocycles. The zero-order valence-electron chi connectivity index (χ0n) is 24.3. The highest BCUT2D eigenvalue weighted by atomic mass is 16.3. The molecule has 0 bridgehead atoms. The van der Waals surface area contributed by atoms with Crippen molar-refractivity contribution in [2.45, 2.75) is 72.1 Å². The second-order valence-electron chi connectivity index (χ2n) is 11.2. The highest BCUT2D eigenvalue weighted by Crippen LogP contribution is 2.58. The number of nitrogen functional groups attached to an aromatic ring is 1. The van der Waals surface area contributed by atoms with E-state index in [0.717, 1.165) is 68.8 Å². The smallest absolute Gasteiger partial charge is 0.115 e. The lowest BCUT2D eigenvalue weighted by Gasteiger charge is -2.46. The molecular formula is C32H49N5O. The molecule has 0 radical (unpaired) electrons. The predicted molar refractivity (Wildman–Crippen MR) is 162 cm³/mol. The minimum absolute atomic E-state index is 0.0494. The molecular weight excluding hydrogens is 470 g/mol. The first-order valence-corrected chi connectivity index (χ1v) is 14.6. The Morgan fingerprint density at radius 3 is 2.29 bits per heavy atom. The van der Waals surface area contributed by atoms with Crippen molar-refractivity contribution in [1.29, 1.82) is 0 Å². The molecule has 6 nitrogen and oxygen atoms in total. The summed E-state index contributed by atoms with van der Waals surface area (Å²) in [5, 5.41) is 22.4. The van der Waals surface area contributed by atoms with Crippen LogP contribution in [0.2, 0.25) is 0 Å². The molecule has 208 valence electrons. The van der Waals surface area contributed by atoms with Gasteiger partial charge in [-0.05, 0) is 120 Å². The van der Waals surface area contributed by atoms with Crippen molar-refractivity contribution in [2.24, 2.45) is 11.8 Å². The van der Waals surface area contributed by atoms with Crippen molar-refractivity contribution in [1.82, 2.24) is 10.2 Å². The summed E-state index contributed by atoms with van der Waals surface area (Å²) in [5.74, 6) is 0.258. The minimum Gasteiger partial charge on any atom is -0.398 e. The standard InChI is InChI=1S/C32H49N5O/c1-7-35-29-19-21(3)26(17-22(29)4)32(27-18-23(5)30(36-8-2)20-28(27)33)25-14-11-9-10-13-24(25)31(38)37(32)16-12-15-34-6/h10,13,17-20,24-25,31,34-36,38H,7-9,11-12,14-16,33H2,1-6H3/t24-,25?,31-,32?/m1/s1. The number of aliphatic hydroxyl groups is 1. The Labute approximate surface area is 230 Å². The highest BCUT2D eigenvalue weighted by Gasteiger charge is 2.60. The molecule has 38 heavy (non-hydrogen) atoms. The number of nitrogens with two attached hydrogens (primary N) is 1. The normalized spacial score (nSPS) is 25.3. The van der Waals surface area contributed by atoms with Crippen molar-refractivity contribution in [3.63, 3.8) is 0 Å². The Bertz CT molecular complexity index is 1080. The number of anilines is 3. The van der Waals surface area contributed by atoms with E-state index < -0.39 is 11.8 Å². The van der Waals surface area contributed by atoms with Gasteiger partial charge in [-0.3, -0.25) is 4.90 Å². The van der Waals surface area contributed by atoms with E-state index in [1.165, 1.54) is 27.9 Å². The van der Waals surface area contributed by atoms with E-state index in [2.05, 4.69) is 91.9 Å². The fourth-order valence-electron chi connectivity index (χ4n) is 7.09. The summed E-state index contributed by atoms with van der Waals surface area (Å²) in [7, 11) is 1.99. The number of rotatable bonds is 10. The van der Waals surface area contributed by atoms with Crippen LogP contribution in [-0.4, -0.2) is 49.5 Å². The van der Waals surface area contributed by atoms with Crippen LogP contribution in [0.15, 0.2) is 36.4 Å². The lowest BCUT2D eigenvalue weighted by molar-refractivity contribution is -0.0211. The highest BCUT2D eigenvalue weighted by molar-refractivity contribution is 5.68. The third kappa shape index (κ3) is 4.94. The van der Waals surface area contributed by atoms with Crippen molar-refractivity contribution in [3.8, 4) is 0 Å². The van der Waals surface area contributed by atoms with E-state index in [0.29, 0.717) is 0 Å². The predicted octanol–water partition coefficient (Wildman–Crippen LogP) is 5.52. The van der Waals surface area contributed by atoms with Gasteiger partial charge in [0.15, 0.2) is 0 Å². The van der Waals surface area contributed by atoms with Crippen molar-refractivity contribution in [2.75, 3.05) is 49.6 Å². The topological polar surface area (TPSA) is 85.6 Å². The van der Waals surface area contributed by atoms with E-state index in [-0.39, 0.29) is 11.8 Å². The van der Waals surface area contributed by atoms with Crippen molar-refractivity contribution >= 4 is 17.1 Å². The number of nitrogens with one attached hydrogen (secondary N) is 3. The molecule has 1 heterocycles. The van der Waals surface area contributed by atoms with Gasteiger partial charge in [0, 0.05) is 48.2 Å². The van der Waals surface area contributed by atoms with Crippen LogP contribution in [0, 0.1) is 32.6 Å². The molecule has 0 spiro atoms. The number of fused-ring (bicyclic) bond motifs is 1. The number of aryl methyl sites for hydroxylation is 3. The second kappa shape index (κ2) is 12.1. The van der Waals surface area contributed by atoms with Gasteiger partial charge in [0.05, 0.1) is 5.54 Å². The number of nitrogens with zero attached hydrogens (tertiary/aromatic N) is 1. The van der Waals surface area contributed by atoms with Crippen LogP contribution in [0.1, 0.15) is 67.3 Å². The molecule has 4 atom stereocenters. The number of aliphatic hydroxyl groups excluding tert-OH is 1. The summed E-state index contributed by atoms with van der Waals surface area (Å²) < 4.78 is 0. The maximum atomic E-state index is 12.1.